The van der Waals surface area contributed by atoms with Crippen LogP contribution in [0.4, 0.5) is 0 Å². The third-order valence-corrected chi connectivity index (χ3v) is 3.46. The van der Waals surface area contributed by atoms with Crippen molar-refractivity contribution in [2.24, 2.45) is 0 Å². The maximum atomic E-state index is 9.08. The summed E-state index contributed by atoms with van der Waals surface area (Å²) in [6, 6.07) is 6.54. The van der Waals surface area contributed by atoms with E-state index in [0.29, 0.717) is 0 Å². The van der Waals surface area contributed by atoms with Crippen LogP contribution in [0.2, 0.25) is 0 Å². The molecule has 0 aliphatic heterocycles. The zero-order chi connectivity index (χ0) is 10.1. The second-order valence-corrected chi connectivity index (χ2v) is 4.28. The third kappa shape index (κ3) is 1.21. The van der Waals surface area contributed by atoms with Crippen molar-refractivity contribution in [3.8, 4) is 6.07 Å². The molecule has 0 saturated heterocycles. The second kappa shape index (κ2) is 3.43. The van der Waals surface area contributed by atoms with Crippen LogP contribution in [0.25, 0.3) is 10.1 Å². The molecule has 0 spiro atoms. The monoisotopic (exact) mass is 201 g/mol. The molecule has 0 radical (unpaired) electrons. The highest BCUT2D eigenvalue weighted by Crippen LogP contribution is 2.29. The summed E-state index contributed by atoms with van der Waals surface area (Å²) in [5.41, 5.74) is 3.15. The smallest absolute Gasteiger partial charge is 0.0997 e. The molecule has 0 unspecified atom stereocenters. The summed E-state index contributed by atoms with van der Waals surface area (Å²) in [7, 11) is 0. The zero-order valence-electron chi connectivity index (χ0n) is 8.29. The molecule has 1 aromatic carbocycles. The Kier molecular flexibility index (Phi) is 2.26. The number of rotatable bonds is 1. The minimum Gasteiger partial charge on any atom is -0.192 e. The van der Waals surface area contributed by atoms with Crippen LogP contribution >= 0.6 is 11.3 Å². The Balaban J connectivity index is 2.88. The van der Waals surface area contributed by atoms with E-state index in [-0.39, 0.29) is 0 Å². The van der Waals surface area contributed by atoms with Gasteiger partial charge in [-0.3, -0.25) is 0 Å². The standard InChI is InChI=1S/C12H11NS/c1-3-9-6-12-10(4-5-14-12)8(2)11(9)7-13/h4-6H,3H2,1-2H3. The number of thiophene rings is 1. The molecule has 0 bridgehead atoms. The number of hydrogen-bond acceptors (Lipinski definition) is 2. The summed E-state index contributed by atoms with van der Waals surface area (Å²) in [6.45, 7) is 4.13. The van der Waals surface area contributed by atoms with E-state index in [1.54, 1.807) is 11.3 Å². The maximum absolute atomic E-state index is 9.08. The molecule has 14 heavy (non-hydrogen) atoms. The fourth-order valence-corrected chi connectivity index (χ4v) is 2.69. The van der Waals surface area contributed by atoms with Crippen LogP contribution in [0.1, 0.15) is 23.6 Å². The summed E-state index contributed by atoms with van der Waals surface area (Å²) in [5, 5.41) is 12.4. The molecule has 0 N–H and O–H groups in total. The van der Waals surface area contributed by atoms with Crippen molar-refractivity contribution < 1.29 is 0 Å². The lowest BCUT2D eigenvalue weighted by Gasteiger charge is -2.05. The Hall–Kier alpha value is -1.33. The van der Waals surface area contributed by atoms with E-state index in [0.717, 1.165) is 17.5 Å². The first kappa shape index (κ1) is 9.23. The largest absolute Gasteiger partial charge is 0.192 e. The lowest BCUT2D eigenvalue weighted by Crippen LogP contribution is -1.91. The van der Waals surface area contributed by atoms with Crippen LogP contribution < -0.4 is 0 Å². The number of fused-ring (bicyclic) bond motifs is 1. The van der Waals surface area contributed by atoms with E-state index in [4.69, 9.17) is 5.26 Å². The average molecular weight is 201 g/mol. The van der Waals surface area contributed by atoms with Crippen LogP contribution in [0.15, 0.2) is 17.5 Å². The van der Waals surface area contributed by atoms with Gasteiger partial charge >= 0.3 is 0 Å². The summed E-state index contributed by atoms with van der Waals surface area (Å²) >= 11 is 1.74. The number of nitrogens with zero attached hydrogens (tertiary/aromatic N) is 1. The van der Waals surface area contributed by atoms with Crippen molar-refractivity contribution in [1.82, 2.24) is 0 Å². The van der Waals surface area contributed by atoms with Crippen LogP contribution in [0.5, 0.6) is 0 Å². The summed E-state index contributed by atoms with van der Waals surface area (Å²) in [6.07, 6.45) is 0.928. The van der Waals surface area contributed by atoms with E-state index in [1.807, 2.05) is 6.92 Å². The number of nitriles is 1. The van der Waals surface area contributed by atoms with Gasteiger partial charge in [0.25, 0.3) is 0 Å². The minimum atomic E-state index is 0.860. The van der Waals surface area contributed by atoms with Gasteiger partial charge in [-0.2, -0.15) is 5.26 Å². The van der Waals surface area contributed by atoms with Gasteiger partial charge in [0.15, 0.2) is 0 Å². The van der Waals surface area contributed by atoms with Crippen molar-refractivity contribution in [2.75, 3.05) is 0 Å². The SMILES string of the molecule is CCc1cc2sccc2c(C)c1C#N. The van der Waals surface area contributed by atoms with Crippen molar-refractivity contribution in [2.45, 2.75) is 20.3 Å². The fraction of sp³-hybridized carbons (Fsp3) is 0.250. The van der Waals surface area contributed by atoms with Gasteiger partial charge in [-0.05, 0) is 47.4 Å². The van der Waals surface area contributed by atoms with E-state index in [9.17, 15) is 0 Å². The van der Waals surface area contributed by atoms with Crippen LogP contribution in [-0.2, 0) is 6.42 Å². The number of hydrogen-bond donors (Lipinski definition) is 0. The highest BCUT2D eigenvalue weighted by molar-refractivity contribution is 7.17. The highest BCUT2D eigenvalue weighted by atomic mass is 32.1. The molecular formula is C12H11NS. The first-order chi connectivity index (χ1) is 6.77. The Morgan fingerprint density at radius 1 is 1.50 bits per heavy atom. The van der Waals surface area contributed by atoms with E-state index < -0.39 is 0 Å². The van der Waals surface area contributed by atoms with Gasteiger partial charge < -0.3 is 0 Å². The molecule has 0 amide bonds. The van der Waals surface area contributed by atoms with Crippen LogP contribution in [0, 0.1) is 18.3 Å². The van der Waals surface area contributed by atoms with Gasteiger partial charge in [-0.1, -0.05) is 6.92 Å². The zero-order valence-corrected chi connectivity index (χ0v) is 9.11. The molecule has 1 heterocycles. The van der Waals surface area contributed by atoms with Crippen molar-refractivity contribution >= 4 is 21.4 Å². The predicted molar refractivity (Wildman–Crippen MR) is 60.7 cm³/mol. The molecule has 0 atom stereocenters. The molecule has 0 aliphatic rings. The van der Waals surface area contributed by atoms with Gasteiger partial charge in [-0.15, -0.1) is 11.3 Å². The van der Waals surface area contributed by atoms with Crippen molar-refractivity contribution in [3.05, 3.63) is 34.2 Å². The Labute approximate surface area is 87.6 Å². The summed E-state index contributed by atoms with van der Waals surface area (Å²) < 4.78 is 1.29. The van der Waals surface area contributed by atoms with Crippen molar-refractivity contribution in [3.63, 3.8) is 0 Å². The molecule has 1 aromatic heterocycles. The lowest BCUT2D eigenvalue weighted by atomic mass is 9.98. The minimum absolute atomic E-state index is 0.860. The lowest BCUT2D eigenvalue weighted by molar-refractivity contribution is 1.13. The van der Waals surface area contributed by atoms with Crippen LogP contribution in [0.3, 0.4) is 0 Å². The molecular weight excluding hydrogens is 190 g/mol. The molecule has 2 aromatic rings. The molecule has 0 saturated carbocycles. The fourth-order valence-electron chi connectivity index (χ4n) is 1.78. The molecule has 2 rings (SSSR count). The van der Waals surface area contributed by atoms with Gasteiger partial charge in [0, 0.05) is 4.70 Å². The predicted octanol–water partition coefficient (Wildman–Crippen LogP) is 3.64. The van der Waals surface area contributed by atoms with Gasteiger partial charge in [0.1, 0.15) is 0 Å². The maximum Gasteiger partial charge on any atom is 0.0997 e. The first-order valence-corrected chi connectivity index (χ1v) is 5.55. The number of aryl methyl sites for hydroxylation is 2. The normalized spacial score (nSPS) is 10.4. The number of benzene rings is 1. The average Bonchev–Trinajstić information content (AvgIpc) is 2.65. The molecule has 2 heteroatoms. The van der Waals surface area contributed by atoms with Crippen LogP contribution in [-0.4, -0.2) is 0 Å². The van der Waals surface area contributed by atoms with Gasteiger partial charge in [0.2, 0.25) is 0 Å². The second-order valence-electron chi connectivity index (χ2n) is 3.33. The highest BCUT2D eigenvalue weighted by Gasteiger charge is 2.08. The molecule has 0 fully saturated rings. The first-order valence-electron chi connectivity index (χ1n) is 4.67. The topological polar surface area (TPSA) is 23.8 Å². The van der Waals surface area contributed by atoms with E-state index >= 15 is 0 Å². The molecule has 70 valence electrons. The van der Waals surface area contributed by atoms with Crippen molar-refractivity contribution in [1.29, 1.82) is 5.26 Å². The van der Waals surface area contributed by atoms with Gasteiger partial charge in [0.05, 0.1) is 11.6 Å². The Morgan fingerprint density at radius 3 is 2.93 bits per heavy atom. The Morgan fingerprint density at radius 2 is 2.29 bits per heavy atom. The van der Waals surface area contributed by atoms with E-state index in [1.165, 1.54) is 15.6 Å². The van der Waals surface area contributed by atoms with E-state index in [2.05, 4.69) is 30.5 Å². The van der Waals surface area contributed by atoms with Gasteiger partial charge in [-0.25, -0.2) is 0 Å². The Bertz CT molecular complexity index is 517. The molecule has 1 nitrogen and oxygen atoms in total. The third-order valence-electron chi connectivity index (χ3n) is 2.59. The summed E-state index contributed by atoms with van der Waals surface area (Å²) in [4.78, 5) is 0. The quantitative estimate of drug-likeness (QED) is 0.691. The summed E-state index contributed by atoms with van der Waals surface area (Å²) in [5.74, 6) is 0. The molecule has 0 aliphatic carbocycles.